The molecule has 0 bridgehead atoms. The van der Waals surface area contributed by atoms with Crippen molar-refractivity contribution in [1.29, 1.82) is 0 Å². The first kappa shape index (κ1) is 25.9. The Bertz CT molecular complexity index is 2430. The molecule has 0 N–H and O–H groups in total. The maximum Gasteiger partial charge on any atom is 0.0355 e. The Morgan fingerprint density at radius 2 is 0.800 bits per heavy atom. The highest BCUT2D eigenvalue weighted by atomic mass is 32.1. The Balaban J connectivity index is 1.30. The van der Waals surface area contributed by atoms with Gasteiger partial charge in [-0.3, -0.25) is 0 Å². The van der Waals surface area contributed by atoms with E-state index in [1.807, 2.05) is 11.3 Å². The molecule has 0 saturated carbocycles. The maximum absolute atomic E-state index is 2.39. The monoisotopic (exact) mass is 588 g/mol. The van der Waals surface area contributed by atoms with Crippen LogP contribution in [0.25, 0.3) is 86.2 Å². The first-order valence-corrected chi connectivity index (χ1v) is 16.2. The normalized spacial score (nSPS) is 11.6. The van der Waals surface area contributed by atoms with Gasteiger partial charge in [0, 0.05) is 9.58 Å². The molecule has 1 aromatic heterocycles. The molecule has 9 rings (SSSR count). The number of hydrogen-bond acceptors (Lipinski definition) is 1. The van der Waals surface area contributed by atoms with E-state index in [1.54, 1.807) is 0 Å². The lowest BCUT2D eigenvalue weighted by molar-refractivity contribution is 1.63. The molecule has 0 unspecified atom stereocenters. The molecule has 0 atom stereocenters. The molecule has 0 aliphatic carbocycles. The van der Waals surface area contributed by atoms with Crippen molar-refractivity contribution in [3.8, 4) is 43.8 Å². The average Bonchev–Trinajstić information content (AvgIpc) is 3.55. The van der Waals surface area contributed by atoms with E-state index in [-0.39, 0.29) is 0 Å². The number of thiophene rings is 1. The topological polar surface area (TPSA) is 0 Å². The van der Waals surface area contributed by atoms with E-state index < -0.39 is 0 Å². The van der Waals surface area contributed by atoms with Crippen LogP contribution in [0.3, 0.4) is 0 Å². The van der Waals surface area contributed by atoms with Crippen LogP contribution in [0.2, 0.25) is 0 Å². The van der Waals surface area contributed by atoms with E-state index in [9.17, 15) is 0 Å². The molecule has 0 radical (unpaired) electrons. The van der Waals surface area contributed by atoms with Crippen LogP contribution < -0.4 is 0 Å². The molecule has 0 amide bonds. The van der Waals surface area contributed by atoms with Gasteiger partial charge in [0.2, 0.25) is 0 Å². The first-order valence-electron chi connectivity index (χ1n) is 15.4. The third kappa shape index (κ3) is 4.36. The molecular formula is C44H28S. The van der Waals surface area contributed by atoms with E-state index in [4.69, 9.17) is 0 Å². The van der Waals surface area contributed by atoms with E-state index in [2.05, 4.69) is 170 Å². The second-order valence-electron chi connectivity index (χ2n) is 11.7. The highest BCUT2D eigenvalue weighted by molar-refractivity contribution is 7.22. The Labute approximate surface area is 266 Å². The summed E-state index contributed by atoms with van der Waals surface area (Å²) in [5, 5.41) is 8.89. The third-order valence-corrected chi connectivity index (χ3v) is 10.2. The minimum atomic E-state index is 1.23. The minimum absolute atomic E-state index is 1.23. The fraction of sp³-hybridized carbons (Fsp3) is 0. The van der Waals surface area contributed by atoms with E-state index in [0.29, 0.717) is 0 Å². The standard InChI is InChI=1S/C44H28S/c1-2-12-29(13-3-1)39-26-32-14-4-5-15-33(32)27-40(39)44-37-19-9-7-17-35(37)43(36-18-8-10-20-38(36)44)31-24-22-30(23-25-31)42-28-34-16-6-11-21-41(34)45-42/h1-28H. The molecule has 1 heteroatoms. The maximum atomic E-state index is 2.39. The lowest BCUT2D eigenvalue weighted by Gasteiger charge is -2.20. The Morgan fingerprint density at radius 1 is 0.311 bits per heavy atom. The summed E-state index contributed by atoms with van der Waals surface area (Å²) in [6, 6.07) is 62.3. The Kier molecular flexibility index (Phi) is 6.11. The largest absolute Gasteiger partial charge is 0.135 e. The molecule has 0 aliphatic rings. The van der Waals surface area contributed by atoms with Crippen molar-refractivity contribution in [2.24, 2.45) is 0 Å². The SMILES string of the molecule is c1ccc(-c2cc3ccccc3cc2-c2c3ccccc3c(-c3ccc(-c4cc5ccccc5s4)cc3)c3ccccc23)cc1. The Morgan fingerprint density at radius 3 is 1.42 bits per heavy atom. The van der Waals surface area contributed by atoms with Gasteiger partial charge in [-0.05, 0) is 101 Å². The van der Waals surface area contributed by atoms with Gasteiger partial charge in [-0.2, -0.15) is 0 Å². The highest BCUT2D eigenvalue weighted by Gasteiger charge is 2.19. The molecule has 210 valence electrons. The third-order valence-electron chi connectivity index (χ3n) is 9.06. The summed E-state index contributed by atoms with van der Waals surface area (Å²) in [7, 11) is 0. The van der Waals surface area contributed by atoms with Gasteiger partial charge < -0.3 is 0 Å². The smallest absolute Gasteiger partial charge is 0.0355 e. The van der Waals surface area contributed by atoms with Gasteiger partial charge in [-0.25, -0.2) is 0 Å². The van der Waals surface area contributed by atoms with Crippen LogP contribution in [0.5, 0.6) is 0 Å². The van der Waals surface area contributed by atoms with Crippen molar-refractivity contribution >= 4 is 53.7 Å². The van der Waals surface area contributed by atoms with E-state index >= 15 is 0 Å². The molecule has 0 fully saturated rings. The lowest BCUT2D eigenvalue weighted by atomic mass is 9.83. The van der Waals surface area contributed by atoms with E-state index in [0.717, 1.165) is 0 Å². The van der Waals surface area contributed by atoms with Gasteiger partial charge in [-0.1, -0.05) is 146 Å². The fourth-order valence-corrected chi connectivity index (χ4v) is 8.03. The summed E-state index contributed by atoms with van der Waals surface area (Å²) >= 11 is 1.86. The Hall–Kier alpha value is -5.50. The van der Waals surface area contributed by atoms with Gasteiger partial charge in [0.15, 0.2) is 0 Å². The number of benzene rings is 8. The van der Waals surface area contributed by atoms with Gasteiger partial charge in [-0.15, -0.1) is 11.3 Å². The molecule has 45 heavy (non-hydrogen) atoms. The van der Waals surface area contributed by atoms with Crippen LogP contribution in [0.1, 0.15) is 0 Å². The number of fused-ring (bicyclic) bond motifs is 4. The molecule has 0 nitrogen and oxygen atoms in total. The van der Waals surface area contributed by atoms with Crippen LogP contribution in [-0.2, 0) is 0 Å². The van der Waals surface area contributed by atoms with E-state index in [1.165, 1.54) is 86.2 Å². The number of hydrogen-bond donors (Lipinski definition) is 0. The molecule has 8 aromatic carbocycles. The van der Waals surface area contributed by atoms with Crippen LogP contribution in [-0.4, -0.2) is 0 Å². The van der Waals surface area contributed by atoms with Crippen molar-refractivity contribution in [3.05, 3.63) is 170 Å². The molecule has 0 spiro atoms. The molecule has 0 aliphatic heterocycles. The quantitative estimate of drug-likeness (QED) is 0.179. The zero-order valence-corrected chi connectivity index (χ0v) is 25.4. The highest BCUT2D eigenvalue weighted by Crippen LogP contribution is 2.47. The van der Waals surface area contributed by atoms with Crippen LogP contribution in [0.15, 0.2) is 170 Å². The second kappa shape index (κ2) is 10.6. The predicted molar refractivity (Wildman–Crippen MR) is 196 cm³/mol. The van der Waals surface area contributed by atoms with Crippen molar-refractivity contribution < 1.29 is 0 Å². The van der Waals surface area contributed by atoms with Crippen LogP contribution >= 0.6 is 11.3 Å². The summed E-state index contributed by atoms with van der Waals surface area (Å²) in [5.41, 5.74) is 8.82. The zero-order chi connectivity index (χ0) is 29.7. The minimum Gasteiger partial charge on any atom is -0.135 e. The fourth-order valence-electron chi connectivity index (χ4n) is 6.96. The molecule has 1 heterocycles. The van der Waals surface area contributed by atoms with Crippen molar-refractivity contribution in [3.63, 3.8) is 0 Å². The van der Waals surface area contributed by atoms with Crippen molar-refractivity contribution in [2.45, 2.75) is 0 Å². The van der Waals surface area contributed by atoms with Crippen LogP contribution in [0.4, 0.5) is 0 Å². The molecule has 0 saturated heterocycles. The summed E-state index contributed by atoms with van der Waals surface area (Å²) in [6.45, 7) is 0. The lowest BCUT2D eigenvalue weighted by Crippen LogP contribution is -1.93. The average molecular weight is 589 g/mol. The van der Waals surface area contributed by atoms with Gasteiger partial charge in [0.25, 0.3) is 0 Å². The zero-order valence-electron chi connectivity index (χ0n) is 24.6. The van der Waals surface area contributed by atoms with Gasteiger partial charge >= 0.3 is 0 Å². The van der Waals surface area contributed by atoms with Gasteiger partial charge in [0.1, 0.15) is 0 Å². The molecular weight excluding hydrogens is 561 g/mol. The van der Waals surface area contributed by atoms with Crippen LogP contribution in [0, 0.1) is 0 Å². The number of rotatable bonds is 4. The predicted octanol–water partition coefficient (Wildman–Crippen LogP) is 13.0. The first-order chi connectivity index (χ1) is 22.3. The summed E-state index contributed by atoms with van der Waals surface area (Å²) in [5.74, 6) is 0. The summed E-state index contributed by atoms with van der Waals surface area (Å²) in [6.07, 6.45) is 0. The molecule has 9 aromatic rings. The van der Waals surface area contributed by atoms with Gasteiger partial charge in [0.05, 0.1) is 0 Å². The summed E-state index contributed by atoms with van der Waals surface area (Å²) < 4.78 is 1.33. The van der Waals surface area contributed by atoms with Crippen molar-refractivity contribution in [2.75, 3.05) is 0 Å². The second-order valence-corrected chi connectivity index (χ2v) is 12.8. The summed E-state index contributed by atoms with van der Waals surface area (Å²) in [4.78, 5) is 1.30. The van der Waals surface area contributed by atoms with Crippen molar-refractivity contribution in [1.82, 2.24) is 0 Å².